The number of nitrogens with zero attached hydrogens (tertiary/aromatic N) is 2. The fourth-order valence-corrected chi connectivity index (χ4v) is 2.52. The van der Waals surface area contributed by atoms with E-state index in [2.05, 4.69) is 15.1 Å². The van der Waals surface area contributed by atoms with Crippen LogP contribution >= 0.6 is 0 Å². The standard InChI is InChI=1S/C17H26FN3O2/c1-2-7-19-17(22)14-21-10-8-20(9-11-21)12-13-23-16-5-3-15(18)4-6-16/h3-6H,2,7-14H2,1H3,(H,19,22). The molecule has 1 fully saturated rings. The van der Waals surface area contributed by atoms with Crippen molar-refractivity contribution in [3.8, 4) is 5.75 Å². The molecule has 0 atom stereocenters. The lowest BCUT2D eigenvalue weighted by Crippen LogP contribution is -2.50. The van der Waals surface area contributed by atoms with Crippen molar-refractivity contribution < 1.29 is 13.9 Å². The Morgan fingerprint density at radius 1 is 1.17 bits per heavy atom. The molecule has 1 aromatic carbocycles. The summed E-state index contributed by atoms with van der Waals surface area (Å²) in [6, 6.07) is 6.08. The second kappa shape index (κ2) is 9.47. The zero-order chi connectivity index (χ0) is 16.5. The molecule has 0 bridgehead atoms. The first kappa shape index (κ1) is 17.7. The van der Waals surface area contributed by atoms with Gasteiger partial charge in [0.05, 0.1) is 6.54 Å². The second-order valence-corrected chi connectivity index (χ2v) is 5.77. The molecule has 128 valence electrons. The van der Waals surface area contributed by atoms with Crippen molar-refractivity contribution in [2.45, 2.75) is 13.3 Å². The predicted molar refractivity (Wildman–Crippen MR) is 88.1 cm³/mol. The third-order valence-electron chi connectivity index (χ3n) is 3.89. The number of nitrogens with one attached hydrogen (secondary N) is 1. The molecule has 1 aliphatic heterocycles. The molecule has 23 heavy (non-hydrogen) atoms. The van der Waals surface area contributed by atoms with Gasteiger partial charge in [-0.05, 0) is 30.7 Å². The zero-order valence-electron chi connectivity index (χ0n) is 13.8. The molecule has 1 amide bonds. The van der Waals surface area contributed by atoms with Gasteiger partial charge in [-0.1, -0.05) is 6.92 Å². The van der Waals surface area contributed by atoms with Gasteiger partial charge < -0.3 is 10.1 Å². The zero-order valence-corrected chi connectivity index (χ0v) is 13.8. The smallest absolute Gasteiger partial charge is 0.234 e. The highest BCUT2D eigenvalue weighted by Gasteiger charge is 2.18. The van der Waals surface area contributed by atoms with Gasteiger partial charge >= 0.3 is 0 Å². The van der Waals surface area contributed by atoms with E-state index < -0.39 is 0 Å². The number of hydrogen-bond acceptors (Lipinski definition) is 4. The van der Waals surface area contributed by atoms with Crippen molar-refractivity contribution in [3.05, 3.63) is 30.1 Å². The van der Waals surface area contributed by atoms with Gasteiger partial charge in [-0.25, -0.2) is 4.39 Å². The van der Waals surface area contributed by atoms with Crippen molar-refractivity contribution in [2.75, 3.05) is 52.4 Å². The van der Waals surface area contributed by atoms with Gasteiger partial charge in [-0.2, -0.15) is 0 Å². The van der Waals surface area contributed by atoms with Crippen molar-refractivity contribution in [3.63, 3.8) is 0 Å². The number of rotatable bonds is 8. The van der Waals surface area contributed by atoms with Gasteiger partial charge in [0, 0.05) is 39.3 Å². The van der Waals surface area contributed by atoms with E-state index in [0.29, 0.717) is 18.9 Å². The maximum absolute atomic E-state index is 12.8. The van der Waals surface area contributed by atoms with E-state index in [1.807, 2.05) is 6.92 Å². The van der Waals surface area contributed by atoms with Gasteiger partial charge in [-0.3, -0.25) is 14.6 Å². The number of piperazine rings is 1. The lowest BCUT2D eigenvalue weighted by molar-refractivity contribution is -0.122. The molecule has 1 heterocycles. The quantitative estimate of drug-likeness (QED) is 0.784. The maximum Gasteiger partial charge on any atom is 0.234 e. The molecule has 0 spiro atoms. The number of ether oxygens (including phenoxy) is 1. The third-order valence-corrected chi connectivity index (χ3v) is 3.89. The summed E-state index contributed by atoms with van der Waals surface area (Å²) in [5.41, 5.74) is 0. The summed E-state index contributed by atoms with van der Waals surface area (Å²) in [5, 5.41) is 2.91. The fraction of sp³-hybridized carbons (Fsp3) is 0.588. The van der Waals surface area contributed by atoms with Gasteiger partial charge in [0.1, 0.15) is 18.2 Å². The molecule has 1 aliphatic rings. The topological polar surface area (TPSA) is 44.8 Å². The van der Waals surface area contributed by atoms with E-state index in [-0.39, 0.29) is 11.7 Å². The highest BCUT2D eigenvalue weighted by atomic mass is 19.1. The van der Waals surface area contributed by atoms with Crippen LogP contribution in [0.5, 0.6) is 5.75 Å². The Kier molecular flexibility index (Phi) is 7.29. The summed E-state index contributed by atoms with van der Waals surface area (Å²) < 4.78 is 18.4. The Labute approximate surface area is 137 Å². The van der Waals surface area contributed by atoms with Gasteiger partial charge in [0.2, 0.25) is 5.91 Å². The molecule has 0 unspecified atom stereocenters. The highest BCUT2D eigenvalue weighted by molar-refractivity contribution is 5.77. The third kappa shape index (κ3) is 6.54. The molecule has 0 aromatic heterocycles. The van der Waals surface area contributed by atoms with E-state index in [1.54, 1.807) is 12.1 Å². The molecular formula is C17H26FN3O2. The van der Waals surface area contributed by atoms with E-state index in [1.165, 1.54) is 12.1 Å². The Bertz CT molecular complexity index is 473. The summed E-state index contributed by atoms with van der Waals surface area (Å²) in [6.07, 6.45) is 0.966. The minimum atomic E-state index is -0.253. The summed E-state index contributed by atoms with van der Waals surface area (Å²) in [5.74, 6) is 0.550. The summed E-state index contributed by atoms with van der Waals surface area (Å²) in [7, 11) is 0. The molecule has 6 heteroatoms. The Hall–Kier alpha value is -1.66. The van der Waals surface area contributed by atoms with Crippen LogP contribution in [0.3, 0.4) is 0 Å². The largest absolute Gasteiger partial charge is 0.492 e. The fourth-order valence-electron chi connectivity index (χ4n) is 2.52. The first-order valence-electron chi connectivity index (χ1n) is 8.27. The Balaban J connectivity index is 1.59. The Morgan fingerprint density at radius 2 is 1.83 bits per heavy atom. The average Bonchev–Trinajstić information content (AvgIpc) is 2.56. The predicted octanol–water partition coefficient (Wildman–Crippen LogP) is 1.35. The van der Waals surface area contributed by atoms with Crippen molar-refractivity contribution in [2.24, 2.45) is 0 Å². The average molecular weight is 323 g/mol. The van der Waals surface area contributed by atoms with Crippen LogP contribution < -0.4 is 10.1 Å². The molecule has 1 aromatic rings. The summed E-state index contributed by atoms with van der Waals surface area (Å²) >= 11 is 0. The monoisotopic (exact) mass is 323 g/mol. The first-order valence-corrected chi connectivity index (χ1v) is 8.27. The van der Waals surface area contributed by atoms with Crippen LogP contribution in [0, 0.1) is 5.82 Å². The maximum atomic E-state index is 12.8. The van der Waals surface area contributed by atoms with Crippen molar-refractivity contribution in [1.82, 2.24) is 15.1 Å². The van der Waals surface area contributed by atoms with E-state index in [0.717, 1.165) is 45.7 Å². The van der Waals surface area contributed by atoms with Gasteiger partial charge in [0.25, 0.3) is 0 Å². The molecule has 0 aliphatic carbocycles. The molecule has 5 nitrogen and oxygen atoms in total. The van der Waals surface area contributed by atoms with E-state index in [9.17, 15) is 9.18 Å². The van der Waals surface area contributed by atoms with Crippen LogP contribution in [0.1, 0.15) is 13.3 Å². The van der Waals surface area contributed by atoms with E-state index >= 15 is 0 Å². The lowest BCUT2D eigenvalue weighted by atomic mass is 10.3. The minimum absolute atomic E-state index is 0.111. The molecule has 0 radical (unpaired) electrons. The van der Waals surface area contributed by atoms with Crippen LogP contribution in [0.4, 0.5) is 4.39 Å². The Morgan fingerprint density at radius 3 is 2.48 bits per heavy atom. The molecule has 0 saturated carbocycles. The molecule has 1 saturated heterocycles. The van der Waals surface area contributed by atoms with Crippen LogP contribution in [0.15, 0.2) is 24.3 Å². The van der Waals surface area contributed by atoms with Crippen molar-refractivity contribution >= 4 is 5.91 Å². The number of amides is 1. The number of carbonyl (C=O) groups excluding carboxylic acids is 1. The summed E-state index contributed by atoms with van der Waals surface area (Å²) in [4.78, 5) is 16.2. The van der Waals surface area contributed by atoms with E-state index in [4.69, 9.17) is 4.74 Å². The molecule has 2 rings (SSSR count). The SMILES string of the molecule is CCCNC(=O)CN1CCN(CCOc2ccc(F)cc2)CC1. The lowest BCUT2D eigenvalue weighted by Gasteiger charge is -2.34. The number of hydrogen-bond donors (Lipinski definition) is 1. The number of benzene rings is 1. The van der Waals surface area contributed by atoms with Crippen LogP contribution in [-0.2, 0) is 4.79 Å². The van der Waals surface area contributed by atoms with Gasteiger partial charge in [0.15, 0.2) is 0 Å². The second-order valence-electron chi connectivity index (χ2n) is 5.77. The van der Waals surface area contributed by atoms with Gasteiger partial charge in [-0.15, -0.1) is 0 Å². The summed E-state index contributed by atoms with van der Waals surface area (Å²) in [6.45, 7) is 8.39. The number of halogens is 1. The first-order chi connectivity index (χ1) is 11.2. The van der Waals surface area contributed by atoms with Crippen LogP contribution in [0.2, 0.25) is 0 Å². The van der Waals surface area contributed by atoms with Crippen molar-refractivity contribution in [1.29, 1.82) is 0 Å². The molecule has 1 N–H and O–H groups in total. The highest BCUT2D eigenvalue weighted by Crippen LogP contribution is 2.11. The molecular weight excluding hydrogens is 297 g/mol. The van der Waals surface area contributed by atoms with Crippen LogP contribution in [-0.4, -0.2) is 68.1 Å². The van der Waals surface area contributed by atoms with Crippen LogP contribution in [0.25, 0.3) is 0 Å². The number of carbonyl (C=O) groups is 1. The minimum Gasteiger partial charge on any atom is -0.492 e. The normalized spacial score (nSPS) is 16.3.